The van der Waals surface area contributed by atoms with Gasteiger partial charge in [0.2, 0.25) is 5.78 Å². The Labute approximate surface area is 385 Å². The molecule has 318 valence electrons. The van der Waals surface area contributed by atoms with Crippen LogP contribution < -0.4 is 9.30 Å². The van der Waals surface area contributed by atoms with Crippen molar-refractivity contribution >= 4 is 60.7 Å². The minimum absolute atomic E-state index is 0.184. The zero-order chi connectivity index (χ0) is 44.5. The van der Waals surface area contributed by atoms with Crippen molar-refractivity contribution in [3.05, 3.63) is 217 Å². The maximum atomic E-state index is 6.82. The Bertz CT molecular complexity index is 4150. The molecule has 0 fully saturated rings. The molecule has 8 aromatic carbocycles. The van der Waals surface area contributed by atoms with Gasteiger partial charge in [0.15, 0.2) is 0 Å². The van der Waals surface area contributed by atoms with Crippen LogP contribution in [-0.4, -0.2) is 28.1 Å². The second kappa shape index (κ2) is 13.9. The van der Waals surface area contributed by atoms with Crippen molar-refractivity contribution in [1.29, 1.82) is 0 Å². The Morgan fingerprint density at radius 2 is 1.25 bits per heavy atom. The Morgan fingerprint density at radius 3 is 2.10 bits per heavy atom. The first-order valence-electron chi connectivity index (χ1n) is 22.7. The van der Waals surface area contributed by atoms with Gasteiger partial charge < -0.3 is 9.30 Å². The number of ether oxygens (including phenoxy) is 1. The molecule has 0 N–H and O–H groups in total. The minimum Gasteiger partial charge on any atom is -0.458 e. The molecule has 0 atom stereocenters. The molecule has 0 amide bonds. The van der Waals surface area contributed by atoms with E-state index in [-0.39, 0.29) is 5.41 Å². The van der Waals surface area contributed by atoms with E-state index in [4.69, 9.17) is 14.7 Å². The number of benzene rings is 8. The van der Waals surface area contributed by atoms with Gasteiger partial charge in [-0.05, 0) is 95.9 Å². The van der Waals surface area contributed by atoms with Crippen LogP contribution in [0.4, 0.5) is 0 Å². The molecule has 1 aliphatic carbocycles. The van der Waals surface area contributed by atoms with Crippen molar-refractivity contribution in [1.82, 2.24) is 28.1 Å². The highest BCUT2D eigenvalue weighted by molar-refractivity contribution is 6.09. The van der Waals surface area contributed by atoms with Crippen LogP contribution in [0.5, 0.6) is 11.5 Å². The number of aromatic nitrogens is 7. The fourth-order valence-electron chi connectivity index (χ4n) is 10.9. The summed E-state index contributed by atoms with van der Waals surface area (Å²) in [6.45, 7) is 6.73. The summed E-state index contributed by atoms with van der Waals surface area (Å²) in [5.41, 5.74) is 17.3. The predicted octanol–water partition coefficient (Wildman–Crippen LogP) is 13.4. The second-order valence-corrected chi connectivity index (χ2v) is 18.2. The van der Waals surface area contributed by atoms with E-state index in [1.165, 1.54) is 33.0 Å². The van der Waals surface area contributed by atoms with E-state index in [2.05, 4.69) is 220 Å². The molecule has 5 heterocycles. The molecule has 14 rings (SSSR count). The lowest BCUT2D eigenvalue weighted by Crippen LogP contribution is -2.31. The average Bonchev–Trinajstić information content (AvgIpc) is 4.15. The SMILES string of the molecule is Cc1cccc2c1nc1n(-c3cc4c(cn3)-c3ccccc3C4(C)C)c3cc(Oc4cccc(-n5[c-][n+](-c6ccccc6-n6c7ccccc7c7ccccc76)c6ccccc65)c4)ccc3n21. The first-order valence-corrected chi connectivity index (χ1v) is 22.7. The lowest BCUT2D eigenvalue weighted by Gasteiger charge is -2.21. The normalized spacial score (nSPS) is 13.1. The molecule has 1 aliphatic rings. The summed E-state index contributed by atoms with van der Waals surface area (Å²) in [6, 6.07) is 66.2. The van der Waals surface area contributed by atoms with Crippen molar-refractivity contribution in [2.75, 3.05) is 0 Å². The molecular weight excluding hydrogens is 823 g/mol. The average molecular weight is 864 g/mol. The van der Waals surface area contributed by atoms with Crippen LogP contribution in [-0.2, 0) is 5.41 Å². The standard InChI is InChI=1S/C59H41N7O/c1-37-16-14-29-54-57(37)61-58-65(54)53-31-30-40(33-55(53)66(58)56-34-46-44(35-60-56)41-19-4-7-22-45(41)59(46,2)3)67-39-18-15-17-38(32-39)62-36-63(50-26-11-10-25-49(50)62)51-27-12-13-28-52(51)64-47-23-8-5-20-42(47)43-21-6-9-24-48(43)64/h4-35H,1-3H3. The molecule has 13 aromatic rings. The van der Waals surface area contributed by atoms with Crippen LogP contribution in [0, 0.1) is 13.3 Å². The lowest BCUT2D eigenvalue weighted by atomic mass is 9.83. The van der Waals surface area contributed by atoms with Gasteiger partial charge in [0.05, 0.1) is 61.2 Å². The number of pyridine rings is 1. The molecule has 0 saturated carbocycles. The quantitative estimate of drug-likeness (QED) is 0.124. The van der Waals surface area contributed by atoms with Gasteiger partial charge in [-0.25, -0.2) is 9.97 Å². The first-order chi connectivity index (χ1) is 32.9. The molecule has 8 heteroatoms. The van der Waals surface area contributed by atoms with E-state index in [1.54, 1.807) is 0 Å². The van der Waals surface area contributed by atoms with Crippen molar-refractivity contribution in [3.63, 3.8) is 0 Å². The van der Waals surface area contributed by atoms with Crippen LogP contribution in [0.2, 0.25) is 0 Å². The van der Waals surface area contributed by atoms with E-state index >= 15 is 0 Å². The molecule has 5 aromatic heterocycles. The van der Waals surface area contributed by atoms with Crippen molar-refractivity contribution < 1.29 is 9.30 Å². The third-order valence-electron chi connectivity index (χ3n) is 14.0. The zero-order valence-corrected chi connectivity index (χ0v) is 37.0. The Morgan fingerprint density at radius 1 is 0.552 bits per heavy atom. The van der Waals surface area contributed by atoms with Gasteiger partial charge in [0, 0.05) is 34.0 Å². The summed E-state index contributed by atoms with van der Waals surface area (Å²) in [5.74, 6) is 3.04. The minimum atomic E-state index is -0.184. The molecule has 0 saturated heterocycles. The van der Waals surface area contributed by atoms with Gasteiger partial charge in [0.25, 0.3) is 6.33 Å². The van der Waals surface area contributed by atoms with Gasteiger partial charge in [-0.2, -0.15) is 0 Å². The lowest BCUT2D eigenvalue weighted by molar-refractivity contribution is -0.572. The third-order valence-corrected chi connectivity index (χ3v) is 14.0. The highest BCUT2D eigenvalue weighted by atomic mass is 16.5. The molecule has 8 nitrogen and oxygen atoms in total. The van der Waals surface area contributed by atoms with Crippen LogP contribution in [0.15, 0.2) is 194 Å². The van der Waals surface area contributed by atoms with Crippen LogP contribution in [0.3, 0.4) is 0 Å². The Balaban J connectivity index is 0.885. The van der Waals surface area contributed by atoms with Gasteiger partial charge >= 0.3 is 0 Å². The van der Waals surface area contributed by atoms with Crippen molar-refractivity contribution in [2.24, 2.45) is 0 Å². The Hall–Kier alpha value is -8.75. The highest BCUT2D eigenvalue weighted by Gasteiger charge is 2.36. The monoisotopic (exact) mass is 863 g/mol. The van der Waals surface area contributed by atoms with Crippen LogP contribution >= 0.6 is 0 Å². The molecular formula is C59H41N7O. The third kappa shape index (κ3) is 5.38. The summed E-state index contributed by atoms with van der Waals surface area (Å²) in [5, 5.41) is 2.45. The number of para-hydroxylation sites is 7. The maximum Gasteiger partial charge on any atom is 0.269 e. The molecule has 0 bridgehead atoms. The molecule has 67 heavy (non-hydrogen) atoms. The van der Waals surface area contributed by atoms with E-state index < -0.39 is 0 Å². The van der Waals surface area contributed by atoms with E-state index in [0.717, 1.165) is 78.4 Å². The number of hydrogen-bond acceptors (Lipinski definition) is 3. The molecule has 0 spiro atoms. The number of rotatable bonds is 6. The van der Waals surface area contributed by atoms with E-state index in [9.17, 15) is 0 Å². The maximum absolute atomic E-state index is 6.82. The number of nitrogens with zero attached hydrogens (tertiary/aromatic N) is 7. The predicted molar refractivity (Wildman–Crippen MR) is 268 cm³/mol. The summed E-state index contributed by atoms with van der Waals surface area (Å²) >= 11 is 0. The highest BCUT2D eigenvalue weighted by Crippen LogP contribution is 2.49. The van der Waals surface area contributed by atoms with Crippen LogP contribution in [0.1, 0.15) is 30.5 Å². The molecule has 0 unspecified atom stereocenters. The van der Waals surface area contributed by atoms with Crippen molar-refractivity contribution in [2.45, 2.75) is 26.2 Å². The fourth-order valence-corrected chi connectivity index (χ4v) is 10.9. The smallest absolute Gasteiger partial charge is 0.269 e. The van der Waals surface area contributed by atoms with Gasteiger partial charge in [0.1, 0.15) is 17.3 Å². The number of fused-ring (bicyclic) bond motifs is 12. The molecule has 0 aliphatic heterocycles. The largest absolute Gasteiger partial charge is 0.458 e. The van der Waals surface area contributed by atoms with E-state index in [0.29, 0.717) is 11.5 Å². The summed E-state index contributed by atoms with van der Waals surface area (Å²) in [7, 11) is 0. The van der Waals surface area contributed by atoms with Gasteiger partial charge in [-0.1, -0.05) is 129 Å². The summed E-state index contributed by atoms with van der Waals surface area (Å²) < 4.78 is 17.9. The number of imidazole rings is 3. The summed E-state index contributed by atoms with van der Waals surface area (Å²) in [6.07, 6.45) is 5.80. The van der Waals surface area contributed by atoms with Gasteiger partial charge in [-0.3, -0.25) is 18.1 Å². The summed E-state index contributed by atoms with van der Waals surface area (Å²) in [4.78, 5) is 10.5. The molecule has 0 radical (unpaired) electrons. The van der Waals surface area contributed by atoms with Gasteiger partial charge in [-0.15, -0.1) is 0 Å². The first kappa shape index (κ1) is 37.6. The zero-order valence-electron chi connectivity index (χ0n) is 37.0. The van der Waals surface area contributed by atoms with E-state index in [1.807, 2.05) is 24.4 Å². The number of aryl methyl sites for hydroxylation is 1. The van der Waals surface area contributed by atoms with Crippen LogP contribution in [0.25, 0.3) is 94.7 Å². The topological polar surface area (TPSA) is 58.1 Å². The second-order valence-electron chi connectivity index (χ2n) is 18.2. The number of hydrogen-bond donors (Lipinski definition) is 0. The van der Waals surface area contributed by atoms with Crippen molar-refractivity contribution in [3.8, 4) is 45.5 Å². The fraction of sp³-hybridized carbons (Fsp3) is 0.0678. The Kier molecular flexibility index (Phi) is 7.79.